The van der Waals surface area contributed by atoms with Crippen molar-refractivity contribution in [2.45, 2.75) is 216 Å². The molecule has 21 N–H and O–H groups in total. The highest BCUT2D eigenvalue weighted by atomic mass is 32.2. The molecule has 0 spiro atoms. The number of primary amides is 2. The van der Waals surface area contributed by atoms with Gasteiger partial charge in [-0.15, -0.1) is 11.8 Å². The first kappa shape index (κ1) is 103. The van der Waals surface area contributed by atoms with Crippen LogP contribution in [-0.4, -0.2) is 314 Å². The van der Waals surface area contributed by atoms with Gasteiger partial charge in [-0.25, -0.2) is 4.98 Å². The molecular weight excluding hydrogens is 1670 g/mol. The number of amides is 17. The summed E-state index contributed by atoms with van der Waals surface area (Å²) in [4.78, 5) is 261. The fourth-order valence-electron chi connectivity index (χ4n) is 14.6. The Morgan fingerprint density at radius 3 is 1.83 bits per heavy atom. The van der Waals surface area contributed by atoms with E-state index in [1.807, 2.05) is 13.8 Å². The lowest BCUT2D eigenvalue weighted by atomic mass is 10.0. The van der Waals surface area contributed by atoms with Crippen LogP contribution in [0.25, 0.3) is 10.9 Å². The van der Waals surface area contributed by atoms with Crippen LogP contribution in [0.2, 0.25) is 0 Å². The molecule has 2 aliphatic rings. The zero-order valence-electron chi connectivity index (χ0n) is 73.1. The molecule has 0 bridgehead atoms. The molecule has 6 rings (SSSR count). The third kappa shape index (κ3) is 31.7. The number of para-hydroxylation sites is 1. The van der Waals surface area contributed by atoms with Crippen molar-refractivity contribution < 1.29 is 86.6 Å². The number of rotatable bonds is 27. The van der Waals surface area contributed by atoms with Crippen LogP contribution in [0.15, 0.2) is 73.3 Å². The highest BCUT2D eigenvalue weighted by Gasteiger charge is 2.44. The van der Waals surface area contributed by atoms with Crippen LogP contribution in [0.5, 0.6) is 0 Å². The van der Waals surface area contributed by atoms with Gasteiger partial charge >= 0.3 is 0 Å². The summed E-state index contributed by atoms with van der Waals surface area (Å²) in [6, 6.07) is -3.77. The fourth-order valence-corrected chi connectivity index (χ4v) is 15.9. The Morgan fingerprint density at radius 2 is 1.19 bits per heavy atom. The van der Waals surface area contributed by atoms with Gasteiger partial charge in [-0.2, -0.15) is 11.8 Å². The van der Waals surface area contributed by atoms with Crippen molar-refractivity contribution in [1.82, 2.24) is 97.9 Å². The average molecular weight is 1800 g/mol. The summed E-state index contributed by atoms with van der Waals surface area (Å²) >= 11 is 2.12. The lowest BCUT2D eigenvalue weighted by molar-refractivity contribution is -0.149. The van der Waals surface area contributed by atoms with Crippen molar-refractivity contribution in [2.75, 3.05) is 84.5 Å². The number of benzene rings is 2. The molecule has 126 heavy (non-hydrogen) atoms. The number of nitrogens with two attached hydrogens (primary N) is 3. The molecule has 17 amide bonds. The minimum absolute atomic E-state index is 0.0120. The quantitative estimate of drug-likeness (QED) is 0.0160. The number of guanidine groups is 1. The normalized spacial score (nSPS) is 24.0. The maximum atomic E-state index is 15.3. The molecule has 0 radical (unpaired) electrons. The Kier molecular flexibility index (Phi) is 42.1. The van der Waals surface area contributed by atoms with Crippen LogP contribution < -0.4 is 75.7 Å². The monoisotopic (exact) mass is 1800 g/mol. The highest BCUT2D eigenvalue weighted by Crippen LogP contribution is 2.25. The van der Waals surface area contributed by atoms with Crippen molar-refractivity contribution >= 4 is 141 Å². The van der Waals surface area contributed by atoms with Crippen molar-refractivity contribution in [3.8, 4) is 0 Å². The maximum absolute atomic E-state index is 15.3. The number of aromatic amines is 2. The van der Waals surface area contributed by atoms with Crippen molar-refractivity contribution in [3.63, 3.8) is 0 Å². The number of fused-ring (bicyclic) bond motifs is 2. The van der Waals surface area contributed by atoms with Gasteiger partial charge in [0, 0.05) is 95.3 Å². The van der Waals surface area contributed by atoms with Crippen LogP contribution in [-0.2, 0) is 101 Å². The zero-order valence-corrected chi connectivity index (χ0v) is 74.7. The first-order valence-corrected chi connectivity index (χ1v) is 44.7. The summed E-state index contributed by atoms with van der Waals surface area (Å²) in [5, 5.41) is 48.3. The minimum atomic E-state index is -1.79. The van der Waals surface area contributed by atoms with Crippen molar-refractivity contribution in [3.05, 3.63) is 90.1 Å². The van der Waals surface area contributed by atoms with Gasteiger partial charge in [-0.05, 0) is 93.4 Å². The minimum Gasteiger partial charge on any atom is -0.394 e. The summed E-state index contributed by atoms with van der Waals surface area (Å²) in [6.07, 6.45) is 6.56. The van der Waals surface area contributed by atoms with Gasteiger partial charge in [0.2, 0.25) is 100 Å². The first-order valence-electron chi connectivity index (χ1n) is 42.1. The maximum Gasteiger partial charge on any atom is 0.246 e. The van der Waals surface area contributed by atoms with Crippen LogP contribution >= 0.6 is 23.5 Å². The number of hydrogen-bond donors (Lipinski definition) is 18. The molecule has 0 aliphatic carbocycles. The van der Waals surface area contributed by atoms with E-state index in [9.17, 15) is 72.2 Å². The van der Waals surface area contributed by atoms with Gasteiger partial charge < -0.3 is 115 Å². The Morgan fingerprint density at radius 1 is 0.595 bits per heavy atom. The summed E-state index contributed by atoms with van der Waals surface area (Å²) in [5.74, 6) is -16.6. The van der Waals surface area contributed by atoms with Crippen molar-refractivity contribution in [2.24, 2.45) is 23.1 Å². The standard InChI is InChI=1S/C83H125N23O18S2/c1-11-13-27-63-76(118)95-54(26-20-31-89-83(86)87)72(114)101-62(71(113)91-41-67(85)109)44-126-45-69(111)94-59(35-49-22-16-15-17-23-49)80(122)103(7)48(5)70(112)98-60(38-66(84)108)81(123)106-32-21-29-64(106)77(119)97-57(37-51-40-88-46-92-51)74(116)99-58(34-47(3)4)78(120)102(6)42-68(110)93-56(36-50-39-90-53-25-19-18-24-52(50)53)73(115)100-61(43-107)75(117)96-55(30-33-125-10)79(121)105(9)65(28-14-12-2)82(124)104(63)8/h15-19,22-25,39-40,46-48,54-65,90,107H,11-14,20-21,26-38,41-45H2,1-10H3,(H2,84,108)(H2,85,109)(H,88,92)(H,91,113)(H,93,110)(H,94,111)(H,95,118)(H,96,117)(H,97,119)(H,98,112)(H,99,116)(H,100,115)(H,101,114)(H4,86,87,89)/t48-,54-,55-,56-,57-,58-,59-,60-,61-,62-,63-,64-,65-/m0/s1. The number of hydrogen-bond acceptors (Lipinski definition) is 22. The van der Waals surface area contributed by atoms with Crippen LogP contribution in [0.1, 0.15) is 135 Å². The van der Waals surface area contributed by atoms with Gasteiger partial charge in [0.1, 0.15) is 78.5 Å². The number of carbonyl (C=O) groups excluding carboxylic acids is 17. The summed E-state index contributed by atoms with van der Waals surface area (Å²) in [6.45, 7) is 6.01. The van der Waals surface area contributed by atoms with E-state index in [1.165, 1.54) is 59.4 Å². The van der Waals surface area contributed by atoms with Gasteiger partial charge in [-0.3, -0.25) is 86.9 Å². The SMILES string of the molecule is CCCC[C@H]1C(=O)N(C)[C@@H](CCCC)C(=O)N[C@@H](CCCNC(=N)N)C(=O)N[C@H](C(=O)NCC(N)=O)CSCC(=O)N[C@@H](Cc2ccccc2)C(=O)N(C)[C@@H](C)C(=O)N[C@@H](CC(N)=O)C(=O)N2CCC[C@H]2C(=O)N[C@@H](Cc2cnc[nH]2)C(=O)N[C@@H](CC(C)C)C(=O)N(C)CC(=O)N[C@@H](Cc2c[nH]c3ccccc23)C(=O)N[C@@H](CO)C(=O)N[C@@H](CCSC)C(=O)N1C. The number of aliphatic hydroxyl groups is 1. The second-order valence-electron chi connectivity index (χ2n) is 31.9. The van der Waals surface area contributed by atoms with E-state index < -0.39 is 223 Å². The van der Waals surface area contributed by atoms with E-state index in [0.29, 0.717) is 53.4 Å². The Hall–Kier alpha value is -11.9. The number of carbonyl (C=O) groups is 17. The summed E-state index contributed by atoms with van der Waals surface area (Å²) < 4.78 is 0. The summed E-state index contributed by atoms with van der Waals surface area (Å²) in [5.41, 5.74) is 18.8. The van der Waals surface area contributed by atoms with E-state index >= 15 is 14.4 Å². The van der Waals surface area contributed by atoms with Gasteiger partial charge in [-0.1, -0.05) is 102 Å². The van der Waals surface area contributed by atoms with Crippen LogP contribution in [0, 0.1) is 11.3 Å². The van der Waals surface area contributed by atoms with E-state index in [-0.39, 0.29) is 95.4 Å². The molecule has 4 heterocycles. The number of unbranched alkanes of at least 4 members (excludes halogenated alkanes) is 2. The van der Waals surface area contributed by atoms with Gasteiger partial charge in [0.25, 0.3) is 0 Å². The topological polar surface area (TPSA) is 605 Å². The molecule has 2 saturated heterocycles. The summed E-state index contributed by atoms with van der Waals surface area (Å²) in [7, 11) is 5.26. The molecule has 4 aromatic rings. The number of thioether (sulfide) groups is 2. The number of aromatic nitrogens is 3. The van der Waals surface area contributed by atoms with E-state index in [4.69, 9.17) is 22.6 Å². The van der Waals surface area contributed by atoms with Crippen LogP contribution in [0.3, 0.4) is 0 Å². The second kappa shape index (κ2) is 51.5. The number of H-pyrrole nitrogens is 2. The molecule has 2 fully saturated rings. The number of nitrogens with one attached hydrogen (secondary N) is 14. The molecule has 2 aliphatic heterocycles. The molecular formula is C83H125N23O18S2. The van der Waals surface area contributed by atoms with E-state index in [1.54, 1.807) is 80.9 Å². The average Bonchev–Trinajstić information content (AvgIpc) is 1.66. The predicted molar refractivity (Wildman–Crippen MR) is 471 cm³/mol. The Labute approximate surface area is 740 Å². The largest absolute Gasteiger partial charge is 0.394 e. The number of imidazole rings is 1. The first-order chi connectivity index (χ1) is 59.9. The molecule has 2 aromatic heterocycles. The number of nitrogens with zero attached hydrogens (tertiary/aromatic N) is 6. The predicted octanol–water partition coefficient (Wildman–Crippen LogP) is -3.11. The third-order valence-electron chi connectivity index (χ3n) is 21.7. The molecule has 43 heteroatoms. The third-order valence-corrected chi connectivity index (χ3v) is 23.3. The number of aliphatic hydroxyl groups excluding tert-OH is 1. The molecule has 2 aromatic carbocycles. The highest BCUT2D eigenvalue weighted by molar-refractivity contribution is 8.00. The number of likely N-dealkylation sites (N-methyl/N-ethyl adjacent to an activating group) is 4. The Bertz CT molecular complexity index is 4430. The van der Waals surface area contributed by atoms with E-state index in [0.717, 1.165) is 36.3 Å². The van der Waals surface area contributed by atoms with Crippen molar-refractivity contribution in [1.29, 1.82) is 5.41 Å². The molecule has 0 unspecified atom stereocenters. The Balaban J connectivity index is 1.43. The molecule has 0 saturated carbocycles. The smallest absolute Gasteiger partial charge is 0.246 e. The van der Waals surface area contributed by atoms with Gasteiger partial charge in [0.15, 0.2) is 5.96 Å². The zero-order chi connectivity index (χ0) is 93.0. The molecule has 13 atom stereocenters. The molecule has 41 nitrogen and oxygen atoms in total. The van der Waals surface area contributed by atoms with E-state index in [2.05, 4.69) is 73.4 Å². The lowest BCUT2D eigenvalue weighted by Gasteiger charge is -2.36. The van der Waals surface area contributed by atoms with Crippen LogP contribution in [0.4, 0.5) is 0 Å². The second-order valence-corrected chi connectivity index (χ2v) is 33.9. The fraction of sp³-hybridized carbons (Fsp3) is 0.578. The lowest BCUT2D eigenvalue weighted by Crippen LogP contribution is -2.61. The molecule has 692 valence electrons. The van der Waals surface area contributed by atoms with Gasteiger partial charge in [0.05, 0.1) is 38.2 Å².